The number of nitrogens with zero attached hydrogens (tertiary/aromatic N) is 2. The van der Waals surface area contributed by atoms with Gasteiger partial charge in [-0.15, -0.1) is 0 Å². The highest BCUT2D eigenvalue weighted by atomic mass is 16.5. The summed E-state index contributed by atoms with van der Waals surface area (Å²) < 4.78 is 5.38. The minimum absolute atomic E-state index is 0.101. The normalized spacial score (nSPS) is 17.2. The fourth-order valence-corrected chi connectivity index (χ4v) is 4.18. The Balaban J connectivity index is 1.59. The van der Waals surface area contributed by atoms with E-state index in [1.54, 1.807) is 7.11 Å². The van der Waals surface area contributed by atoms with Crippen LogP contribution in [0.3, 0.4) is 0 Å². The molecule has 2 N–H and O–H groups in total. The van der Waals surface area contributed by atoms with Crippen LogP contribution in [0.4, 0.5) is 0 Å². The molecule has 1 atom stereocenters. The molecule has 1 fully saturated rings. The molecule has 0 aromatic heterocycles. The van der Waals surface area contributed by atoms with E-state index in [4.69, 9.17) is 9.84 Å². The number of rotatable bonds is 8. The summed E-state index contributed by atoms with van der Waals surface area (Å²) in [5.74, 6) is 6.96. The Bertz CT molecular complexity index is 886. The van der Waals surface area contributed by atoms with Crippen molar-refractivity contribution in [1.29, 1.82) is 0 Å². The monoisotopic (exact) mass is 422 g/mol. The molecule has 1 aliphatic heterocycles. The van der Waals surface area contributed by atoms with Gasteiger partial charge in [-0.3, -0.25) is 9.80 Å². The SMILES string of the molecule is COc1ccc(CN2CCN(Cc3ccc(C#CCCO)cc3)C[C@@H]2CCO)cc1C. The Morgan fingerprint density at radius 1 is 1.00 bits per heavy atom. The van der Waals surface area contributed by atoms with Gasteiger partial charge in [0, 0.05) is 57.4 Å². The first-order valence-corrected chi connectivity index (χ1v) is 11.0. The van der Waals surface area contributed by atoms with Crippen LogP contribution in [0.2, 0.25) is 0 Å². The Morgan fingerprint density at radius 2 is 1.77 bits per heavy atom. The molecule has 31 heavy (non-hydrogen) atoms. The highest BCUT2D eigenvalue weighted by molar-refractivity contribution is 5.37. The predicted octanol–water partition coefficient (Wildman–Crippen LogP) is 2.81. The lowest BCUT2D eigenvalue weighted by atomic mass is 10.0. The summed E-state index contributed by atoms with van der Waals surface area (Å²) in [6, 6.07) is 15.1. The molecule has 0 amide bonds. The van der Waals surface area contributed by atoms with Gasteiger partial charge in [-0.05, 0) is 48.2 Å². The number of hydrogen-bond acceptors (Lipinski definition) is 5. The van der Waals surface area contributed by atoms with Crippen LogP contribution in [0.5, 0.6) is 5.75 Å². The van der Waals surface area contributed by atoms with E-state index in [1.165, 1.54) is 11.1 Å². The van der Waals surface area contributed by atoms with E-state index in [-0.39, 0.29) is 13.2 Å². The lowest BCUT2D eigenvalue weighted by Gasteiger charge is -2.41. The van der Waals surface area contributed by atoms with Crippen LogP contribution in [-0.2, 0) is 13.1 Å². The van der Waals surface area contributed by atoms with Crippen LogP contribution in [0, 0.1) is 18.8 Å². The van der Waals surface area contributed by atoms with Crippen molar-refractivity contribution in [3.05, 3.63) is 64.7 Å². The zero-order chi connectivity index (χ0) is 22.1. The van der Waals surface area contributed by atoms with E-state index >= 15 is 0 Å². The summed E-state index contributed by atoms with van der Waals surface area (Å²) in [5, 5.41) is 18.5. The van der Waals surface area contributed by atoms with Gasteiger partial charge in [-0.2, -0.15) is 0 Å². The molecule has 3 rings (SSSR count). The third kappa shape index (κ3) is 6.81. The maximum Gasteiger partial charge on any atom is 0.121 e. The first-order valence-electron chi connectivity index (χ1n) is 11.0. The van der Waals surface area contributed by atoms with Crippen LogP contribution in [0.25, 0.3) is 0 Å². The van der Waals surface area contributed by atoms with Gasteiger partial charge in [0.25, 0.3) is 0 Å². The van der Waals surface area contributed by atoms with Gasteiger partial charge < -0.3 is 14.9 Å². The van der Waals surface area contributed by atoms with E-state index in [0.29, 0.717) is 12.5 Å². The number of aryl methyl sites for hydroxylation is 1. The molecular weight excluding hydrogens is 388 g/mol. The van der Waals surface area contributed by atoms with Gasteiger partial charge in [0.15, 0.2) is 0 Å². The second-order valence-corrected chi connectivity index (χ2v) is 8.15. The van der Waals surface area contributed by atoms with Gasteiger partial charge in [-0.1, -0.05) is 36.1 Å². The predicted molar refractivity (Wildman–Crippen MR) is 124 cm³/mol. The van der Waals surface area contributed by atoms with Crippen LogP contribution in [0.15, 0.2) is 42.5 Å². The van der Waals surface area contributed by atoms with E-state index in [2.05, 4.69) is 52.8 Å². The van der Waals surface area contributed by atoms with Crippen LogP contribution in [-0.4, -0.2) is 66.0 Å². The first-order chi connectivity index (χ1) is 15.1. The van der Waals surface area contributed by atoms with Gasteiger partial charge in [-0.25, -0.2) is 0 Å². The Kier molecular flexibility index (Phi) is 8.93. The highest BCUT2D eigenvalue weighted by Gasteiger charge is 2.26. The van der Waals surface area contributed by atoms with Crippen molar-refractivity contribution < 1.29 is 14.9 Å². The van der Waals surface area contributed by atoms with Gasteiger partial charge in [0.05, 0.1) is 13.7 Å². The maximum absolute atomic E-state index is 9.62. The Hall–Kier alpha value is -2.36. The lowest BCUT2D eigenvalue weighted by Crippen LogP contribution is -2.52. The average molecular weight is 423 g/mol. The maximum atomic E-state index is 9.62. The number of benzene rings is 2. The smallest absolute Gasteiger partial charge is 0.121 e. The van der Waals surface area contributed by atoms with E-state index in [9.17, 15) is 5.11 Å². The molecule has 1 heterocycles. The van der Waals surface area contributed by atoms with Crippen molar-refractivity contribution in [1.82, 2.24) is 9.80 Å². The molecule has 5 nitrogen and oxygen atoms in total. The second-order valence-electron chi connectivity index (χ2n) is 8.15. The number of piperazine rings is 1. The molecule has 0 unspecified atom stereocenters. The van der Waals surface area contributed by atoms with Gasteiger partial charge in [0.2, 0.25) is 0 Å². The fraction of sp³-hybridized carbons (Fsp3) is 0.462. The van der Waals surface area contributed by atoms with Crippen molar-refractivity contribution in [2.45, 2.75) is 38.9 Å². The molecule has 0 radical (unpaired) electrons. The summed E-state index contributed by atoms with van der Waals surface area (Å²) in [5.41, 5.74) is 4.69. The Morgan fingerprint density at radius 3 is 2.45 bits per heavy atom. The molecule has 1 aliphatic rings. The van der Waals surface area contributed by atoms with Crippen molar-refractivity contribution in [3.8, 4) is 17.6 Å². The lowest BCUT2D eigenvalue weighted by molar-refractivity contribution is 0.0499. The molecule has 1 saturated heterocycles. The van der Waals surface area contributed by atoms with E-state index in [1.807, 2.05) is 18.2 Å². The van der Waals surface area contributed by atoms with Crippen molar-refractivity contribution in [2.75, 3.05) is 40.0 Å². The quantitative estimate of drug-likeness (QED) is 0.641. The van der Waals surface area contributed by atoms with Crippen LogP contribution < -0.4 is 4.74 Å². The molecule has 5 heteroatoms. The highest BCUT2D eigenvalue weighted by Crippen LogP contribution is 2.22. The van der Waals surface area contributed by atoms with E-state index < -0.39 is 0 Å². The molecule has 0 aliphatic carbocycles. The third-order valence-electron chi connectivity index (χ3n) is 5.83. The summed E-state index contributed by atoms with van der Waals surface area (Å²) >= 11 is 0. The van der Waals surface area contributed by atoms with Crippen molar-refractivity contribution >= 4 is 0 Å². The molecule has 2 aromatic rings. The third-order valence-corrected chi connectivity index (χ3v) is 5.83. The van der Waals surface area contributed by atoms with Gasteiger partial charge >= 0.3 is 0 Å². The largest absolute Gasteiger partial charge is 0.496 e. The summed E-state index contributed by atoms with van der Waals surface area (Å²) in [7, 11) is 1.71. The summed E-state index contributed by atoms with van der Waals surface area (Å²) in [6.07, 6.45) is 1.29. The standard InChI is InChI=1S/C26H34N2O3/c1-21-17-24(10-11-26(21)31-2)19-28-14-13-27(20-25(28)12-16-30)18-23-8-6-22(7-9-23)5-3-4-15-29/h6-11,17,25,29-30H,4,12-16,18-20H2,1-2H3/t25-/m0/s1. The minimum atomic E-state index is 0.101. The number of aliphatic hydroxyl groups is 2. The number of hydrogen-bond donors (Lipinski definition) is 2. The average Bonchev–Trinajstić information content (AvgIpc) is 2.77. The number of aliphatic hydroxyl groups excluding tert-OH is 2. The van der Waals surface area contributed by atoms with Crippen molar-refractivity contribution in [3.63, 3.8) is 0 Å². The molecule has 2 aromatic carbocycles. The zero-order valence-corrected chi connectivity index (χ0v) is 18.7. The summed E-state index contributed by atoms with van der Waals surface area (Å²) in [6.45, 7) is 7.13. The van der Waals surface area contributed by atoms with Gasteiger partial charge in [0.1, 0.15) is 5.75 Å². The van der Waals surface area contributed by atoms with Crippen molar-refractivity contribution in [2.24, 2.45) is 0 Å². The first kappa shape index (κ1) is 23.3. The summed E-state index contributed by atoms with van der Waals surface area (Å²) in [4.78, 5) is 4.97. The minimum Gasteiger partial charge on any atom is -0.496 e. The molecule has 0 spiro atoms. The van der Waals surface area contributed by atoms with E-state index in [0.717, 1.165) is 56.0 Å². The molecular formula is C26H34N2O3. The molecule has 0 bridgehead atoms. The number of methoxy groups -OCH3 is 1. The fourth-order valence-electron chi connectivity index (χ4n) is 4.18. The topological polar surface area (TPSA) is 56.2 Å². The molecule has 0 saturated carbocycles. The zero-order valence-electron chi connectivity index (χ0n) is 18.7. The van der Waals surface area contributed by atoms with Crippen LogP contribution in [0.1, 0.15) is 35.1 Å². The van der Waals surface area contributed by atoms with Crippen LogP contribution >= 0.6 is 0 Å². The Labute approximate surface area is 186 Å². The molecule has 166 valence electrons. The second kappa shape index (κ2) is 11.9. The number of ether oxygens (including phenoxy) is 1.